The maximum absolute atomic E-state index is 12.8. The Bertz CT molecular complexity index is 539. The molecule has 0 aromatic heterocycles. The molecule has 3 atom stereocenters. The van der Waals surface area contributed by atoms with Crippen molar-refractivity contribution in [1.82, 2.24) is 15.1 Å². The van der Waals surface area contributed by atoms with E-state index in [1.54, 1.807) is 0 Å². The predicted molar refractivity (Wildman–Crippen MR) is 80.6 cm³/mol. The summed E-state index contributed by atoms with van der Waals surface area (Å²) in [6.45, 7) is -0.354. The number of aliphatic hydroxyl groups excluding tert-OH is 1. The Morgan fingerprint density at radius 3 is 2.50 bits per heavy atom. The van der Waals surface area contributed by atoms with E-state index in [9.17, 15) is 24.3 Å². The lowest BCUT2D eigenvalue weighted by Crippen LogP contribution is -2.54. The average Bonchev–Trinajstić information content (AvgIpc) is 3.17. The number of hydrogen-bond donors (Lipinski definition) is 4. The highest BCUT2D eigenvalue weighted by molar-refractivity contribution is 5.94. The van der Waals surface area contributed by atoms with Crippen LogP contribution in [0.1, 0.15) is 19.3 Å². The summed E-state index contributed by atoms with van der Waals surface area (Å²) in [6, 6.07) is -1.64. The Kier molecular flexibility index (Phi) is 5.73. The molecule has 0 bridgehead atoms. The van der Waals surface area contributed by atoms with Gasteiger partial charge < -0.3 is 31.1 Å². The van der Waals surface area contributed by atoms with Crippen LogP contribution >= 0.6 is 0 Å². The molecule has 24 heavy (non-hydrogen) atoms. The quantitative estimate of drug-likeness (QED) is 0.418. The second-order valence-electron chi connectivity index (χ2n) is 5.96. The summed E-state index contributed by atoms with van der Waals surface area (Å²) in [4.78, 5) is 49.9. The summed E-state index contributed by atoms with van der Waals surface area (Å²) in [5.41, 5.74) is 5.36. The third-order valence-electron chi connectivity index (χ3n) is 4.31. The molecule has 5 N–H and O–H groups in total. The van der Waals surface area contributed by atoms with E-state index in [0.717, 1.165) is 0 Å². The van der Waals surface area contributed by atoms with Crippen molar-refractivity contribution in [1.29, 1.82) is 0 Å². The predicted octanol–water partition coefficient (Wildman–Crippen LogP) is -2.90. The first-order valence-corrected chi connectivity index (χ1v) is 7.82. The number of carboxylic acid groups (broad SMARTS) is 1. The van der Waals surface area contributed by atoms with E-state index >= 15 is 0 Å². The molecule has 10 nitrogen and oxygen atoms in total. The zero-order chi connectivity index (χ0) is 17.9. The largest absolute Gasteiger partial charge is 0.480 e. The van der Waals surface area contributed by atoms with Crippen LogP contribution in [0.15, 0.2) is 0 Å². The number of nitrogens with one attached hydrogen (secondary N) is 1. The van der Waals surface area contributed by atoms with Gasteiger partial charge in [-0.05, 0) is 12.8 Å². The Morgan fingerprint density at radius 1 is 1.17 bits per heavy atom. The number of carboxylic acids is 1. The first-order chi connectivity index (χ1) is 11.3. The summed E-state index contributed by atoms with van der Waals surface area (Å²) in [6.07, 6.45) is 0.304. The first kappa shape index (κ1) is 18.1. The molecule has 0 spiro atoms. The third-order valence-corrected chi connectivity index (χ3v) is 4.31. The summed E-state index contributed by atoms with van der Waals surface area (Å²) >= 11 is 0. The van der Waals surface area contributed by atoms with Crippen LogP contribution in [0.4, 0.5) is 0 Å². The van der Waals surface area contributed by atoms with Crippen LogP contribution in [0, 0.1) is 0 Å². The number of likely N-dealkylation sites (tertiary alicyclic amines) is 2. The Labute approximate surface area is 138 Å². The number of hydrogen-bond acceptors (Lipinski definition) is 6. The monoisotopic (exact) mass is 342 g/mol. The van der Waals surface area contributed by atoms with Gasteiger partial charge >= 0.3 is 5.97 Å². The number of amides is 3. The minimum absolute atomic E-state index is 0.0227. The van der Waals surface area contributed by atoms with Gasteiger partial charge in [0, 0.05) is 19.5 Å². The van der Waals surface area contributed by atoms with Crippen molar-refractivity contribution in [2.75, 3.05) is 26.2 Å². The highest BCUT2D eigenvalue weighted by Crippen LogP contribution is 2.25. The van der Waals surface area contributed by atoms with Crippen molar-refractivity contribution in [3.8, 4) is 0 Å². The summed E-state index contributed by atoms with van der Waals surface area (Å²) in [7, 11) is 0. The smallest absolute Gasteiger partial charge is 0.322 e. The lowest BCUT2D eigenvalue weighted by molar-refractivity contribution is -0.146. The molecule has 0 aromatic carbocycles. The second-order valence-corrected chi connectivity index (χ2v) is 5.96. The van der Waals surface area contributed by atoms with E-state index in [-0.39, 0.29) is 25.4 Å². The molecule has 2 rings (SSSR count). The summed E-state index contributed by atoms with van der Waals surface area (Å²) < 4.78 is 0. The van der Waals surface area contributed by atoms with Gasteiger partial charge in [-0.3, -0.25) is 19.2 Å². The van der Waals surface area contributed by atoms with E-state index in [2.05, 4.69) is 5.32 Å². The molecule has 0 aromatic rings. The highest BCUT2D eigenvalue weighted by atomic mass is 16.4. The van der Waals surface area contributed by atoms with E-state index in [1.807, 2.05) is 0 Å². The van der Waals surface area contributed by atoms with Gasteiger partial charge in [-0.1, -0.05) is 0 Å². The summed E-state index contributed by atoms with van der Waals surface area (Å²) in [5, 5.41) is 20.7. The first-order valence-electron chi connectivity index (χ1n) is 7.82. The lowest BCUT2D eigenvalue weighted by Gasteiger charge is -2.30. The number of rotatable bonds is 5. The Morgan fingerprint density at radius 2 is 1.88 bits per heavy atom. The standard InChI is InChI=1S/C14H22N4O6/c15-5-11(20)17-3-1-2-9(17)14(24)18-7-8(19)4-10(18)13(23)16-6-12(21)22/h8-10,19H,1-7,15H2,(H,16,23)(H,21,22)/t8-,9+,10+/m1/s1. The minimum Gasteiger partial charge on any atom is -0.480 e. The van der Waals surface area contributed by atoms with Gasteiger partial charge in [-0.2, -0.15) is 0 Å². The molecule has 134 valence electrons. The molecule has 0 aliphatic carbocycles. The van der Waals surface area contributed by atoms with Crippen LogP contribution in [-0.4, -0.2) is 88.1 Å². The molecular formula is C14H22N4O6. The van der Waals surface area contributed by atoms with E-state index in [0.29, 0.717) is 19.4 Å². The van der Waals surface area contributed by atoms with Crippen LogP contribution < -0.4 is 11.1 Å². The van der Waals surface area contributed by atoms with Crippen LogP contribution in [0.3, 0.4) is 0 Å². The van der Waals surface area contributed by atoms with Crippen molar-refractivity contribution < 1.29 is 29.4 Å². The van der Waals surface area contributed by atoms with Crippen LogP contribution in [-0.2, 0) is 19.2 Å². The molecule has 3 amide bonds. The molecule has 2 saturated heterocycles. The van der Waals surface area contributed by atoms with Gasteiger partial charge in [0.2, 0.25) is 17.7 Å². The van der Waals surface area contributed by atoms with E-state index in [4.69, 9.17) is 10.8 Å². The molecule has 10 heteroatoms. The van der Waals surface area contributed by atoms with Gasteiger partial charge in [0.1, 0.15) is 18.6 Å². The molecule has 0 saturated carbocycles. The maximum Gasteiger partial charge on any atom is 0.322 e. The topological polar surface area (TPSA) is 153 Å². The zero-order valence-corrected chi connectivity index (χ0v) is 13.2. The van der Waals surface area contributed by atoms with Gasteiger partial charge in [0.25, 0.3) is 0 Å². The highest BCUT2D eigenvalue weighted by Gasteiger charge is 2.44. The molecule has 0 unspecified atom stereocenters. The molecule has 2 heterocycles. The number of carbonyl (C=O) groups excluding carboxylic acids is 3. The number of carbonyl (C=O) groups is 4. The summed E-state index contributed by atoms with van der Waals surface area (Å²) in [5.74, 6) is -2.58. The van der Waals surface area contributed by atoms with Crippen molar-refractivity contribution in [2.45, 2.75) is 37.5 Å². The maximum atomic E-state index is 12.8. The number of β-amino-alcohol motifs (C(OH)–C–C–N with tert-alkyl or cyclic N) is 1. The van der Waals surface area contributed by atoms with Crippen molar-refractivity contribution in [2.24, 2.45) is 5.73 Å². The van der Waals surface area contributed by atoms with E-state index < -0.39 is 42.5 Å². The number of aliphatic carboxylic acids is 1. The van der Waals surface area contributed by atoms with Crippen LogP contribution in [0.25, 0.3) is 0 Å². The normalized spacial score (nSPS) is 26.5. The fourth-order valence-electron chi connectivity index (χ4n) is 3.22. The number of aliphatic hydroxyl groups is 1. The molecular weight excluding hydrogens is 320 g/mol. The number of nitrogens with zero attached hydrogens (tertiary/aromatic N) is 2. The van der Waals surface area contributed by atoms with Crippen LogP contribution in [0.5, 0.6) is 0 Å². The SMILES string of the molecule is NCC(=O)N1CCC[C@H]1C(=O)N1C[C@H](O)C[C@H]1C(=O)NCC(=O)O. The minimum atomic E-state index is -1.20. The van der Waals surface area contributed by atoms with E-state index in [1.165, 1.54) is 9.80 Å². The van der Waals surface area contributed by atoms with Gasteiger partial charge in [0.05, 0.1) is 12.6 Å². The molecule has 2 fully saturated rings. The van der Waals surface area contributed by atoms with Crippen LogP contribution in [0.2, 0.25) is 0 Å². The second kappa shape index (κ2) is 7.58. The zero-order valence-electron chi connectivity index (χ0n) is 13.2. The number of nitrogens with two attached hydrogens (primary N) is 1. The average molecular weight is 342 g/mol. The molecule has 0 radical (unpaired) electrons. The van der Waals surface area contributed by atoms with Gasteiger partial charge in [0.15, 0.2) is 0 Å². The third kappa shape index (κ3) is 3.82. The lowest BCUT2D eigenvalue weighted by atomic mass is 10.1. The van der Waals surface area contributed by atoms with Crippen molar-refractivity contribution in [3.05, 3.63) is 0 Å². The fourth-order valence-corrected chi connectivity index (χ4v) is 3.22. The molecule has 2 aliphatic heterocycles. The van der Waals surface area contributed by atoms with Gasteiger partial charge in [-0.15, -0.1) is 0 Å². The Balaban J connectivity index is 2.09. The van der Waals surface area contributed by atoms with Crippen molar-refractivity contribution in [3.63, 3.8) is 0 Å². The fraction of sp³-hybridized carbons (Fsp3) is 0.714. The Hall–Kier alpha value is -2.20. The van der Waals surface area contributed by atoms with Gasteiger partial charge in [-0.25, -0.2) is 0 Å². The van der Waals surface area contributed by atoms with Crippen molar-refractivity contribution >= 4 is 23.7 Å². The molecule has 2 aliphatic rings.